The van der Waals surface area contributed by atoms with E-state index in [4.69, 9.17) is 4.42 Å². The van der Waals surface area contributed by atoms with Crippen LogP contribution in [0.2, 0.25) is 0 Å². The highest BCUT2D eigenvalue weighted by Gasteiger charge is 2.56. The van der Waals surface area contributed by atoms with Gasteiger partial charge in [0.2, 0.25) is 0 Å². The highest BCUT2D eigenvalue weighted by atomic mass is 19.3. The molecular weight excluding hydrogens is 366 g/mol. The Labute approximate surface area is 159 Å². The summed E-state index contributed by atoms with van der Waals surface area (Å²) >= 11 is 0. The van der Waals surface area contributed by atoms with E-state index < -0.39 is 23.4 Å². The molecule has 0 bridgehead atoms. The molecular formula is C21H20F2N2O3. The van der Waals surface area contributed by atoms with Gasteiger partial charge in [0.05, 0.1) is 0 Å². The molecule has 2 aromatic heterocycles. The second-order valence-electron chi connectivity index (χ2n) is 7.29. The van der Waals surface area contributed by atoms with E-state index in [-0.39, 0.29) is 18.5 Å². The van der Waals surface area contributed by atoms with E-state index in [1.54, 1.807) is 13.0 Å². The summed E-state index contributed by atoms with van der Waals surface area (Å²) in [6.45, 7) is 1.50. The molecule has 2 heterocycles. The molecule has 1 aromatic carbocycles. The van der Waals surface area contributed by atoms with Crippen molar-refractivity contribution in [3.63, 3.8) is 0 Å². The normalized spacial score (nSPS) is 17.6. The Morgan fingerprint density at radius 1 is 1.32 bits per heavy atom. The number of hydrogen-bond donors (Lipinski definition) is 2. The molecule has 0 aliphatic heterocycles. The molecule has 0 saturated heterocycles. The number of aromatic nitrogens is 1. The number of rotatable bonds is 6. The second kappa shape index (κ2) is 6.89. The van der Waals surface area contributed by atoms with Crippen molar-refractivity contribution in [3.05, 3.63) is 69.4 Å². The number of carbonyl (C=O) groups excluding carboxylic acids is 1. The number of aryl methyl sites for hydroxylation is 3. The maximum absolute atomic E-state index is 12.9. The Kier molecular flexibility index (Phi) is 4.53. The molecule has 1 unspecified atom stereocenters. The minimum absolute atomic E-state index is 0.125. The number of amides is 1. The zero-order valence-corrected chi connectivity index (χ0v) is 15.4. The number of hydrogen-bond acceptors (Lipinski definition) is 3. The summed E-state index contributed by atoms with van der Waals surface area (Å²) in [6.07, 6.45) is 2.89. The third-order valence-corrected chi connectivity index (χ3v) is 5.21. The molecule has 1 saturated carbocycles. The molecule has 2 N–H and O–H groups in total. The molecule has 1 aliphatic rings. The topological polar surface area (TPSA) is 75.1 Å². The van der Waals surface area contributed by atoms with Gasteiger partial charge in [0.25, 0.3) is 11.8 Å². The highest BCUT2D eigenvalue weighted by Crippen LogP contribution is 2.47. The summed E-state index contributed by atoms with van der Waals surface area (Å²) in [4.78, 5) is 27.7. The van der Waals surface area contributed by atoms with Crippen LogP contribution in [0.25, 0.3) is 10.9 Å². The lowest BCUT2D eigenvalue weighted by Crippen LogP contribution is -2.32. The molecule has 1 aliphatic carbocycles. The number of fused-ring (bicyclic) bond motifs is 1. The zero-order chi connectivity index (χ0) is 19.9. The van der Waals surface area contributed by atoms with E-state index in [2.05, 4.69) is 10.3 Å². The van der Waals surface area contributed by atoms with Crippen LogP contribution in [0.4, 0.5) is 8.78 Å². The molecule has 4 rings (SSSR count). The molecule has 0 spiro atoms. The van der Waals surface area contributed by atoms with E-state index in [1.807, 2.05) is 30.5 Å². The van der Waals surface area contributed by atoms with Crippen LogP contribution >= 0.6 is 0 Å². The van der Waals surface area contributed by atoms with Gasteiger partial charge in [0.1, 0.15) is 11.3 Å². The fourth-order valence-corrected chi connectivity index (χ4v) is 3.46. The summed E-state index contributed by atoms with van der Waals surface area (Å²) in [6, 6.07) is 9.61. The van der Waals surface area contributed by atoms with Gasteiger partial charge < -0.3 is 14.7 Å². The predicted octanol–water partition coefficient (Wildman–Crippen LogP) is 3.60. The maximum Gasteiger partial charge on any atom is 0.349 e. The monoisotopic (exact) mass is 386 g/mol. The Morgan fingerprint density at radius 2 is 2.07 bits per heavy atom. The lowest BCUT2D eigenvalue weighted by Gasteiger charge is -2.08. The van der Waals surface area contributed by atoms with Gasteiger partial charge in [-0.1, -0.05) is 18.2 Å². The Bertz CT molecular complexity index is 1100. The maximum atomic E-state index is 12.9. The fraction of sp³-hybridized carbons (Fsp3) is 0.333. The van der Waals surface area contributed by atoms with Crippen molar-refractivity contribution in [1.82, 2.24) is 10.3 Å². The van der Waals surface area contributed by atoms with Crippen LogP contribution < -0.4 is 10.9 Å². The average molecular weight is 386 g/mol. The van der Waals surface area contributed by atoms with Gasteiger partial charge in [-0.3, -0.25) is 4.79 Å². The molecule has 0 radical (unpaired) electrons. The lowest BCUT2D eigenvalue weighted by atomic mass is 10.1. The van der Waals surface area contributed by atoms with E-state index in [9.17, 15) is 18.4 Å². The predicted molar refractivity (Wildman–Crippen MR) is 101 cm³/mol. The average Bonchev–Trinajstić information content (AvgIpc) is 3.07. The summed E-state index contributed by atoms with van der Waals surface area (Å²) in [5, 5.41) is 3.53. The molecule has 5 nitrogen and oxygen atoms in total. The number of H-pyrrole nitrogens is 1. The number of aromatic amines is 1. The van der Waals surface area contributed by atoms with Crippen molar-refractivity contribution in [2.24, 2.45) is 5.92 Å². The van der Waals surface area contributed by atoms with Crippen LogP contribution in [0.5, 0.6) is 0 Å². The van der Waals surface area contributed by atoms with Crippen molar-refractivity contribution in [3.8, 4) is 0 Å². The SMILES string of the molecule is Cc1cc(CCc2c[nH]c3ccccc23)oc(=O)c1C(=O)NCC1CC1(F)F. The number of alkyl halides is 2. The molecule has 1 fully saturated rings. The third-order valence-electron chi connectivity index (χ3n) is 5.21. The first-order valence-electron chi connectivity index (χ1n) is 9.20. The lowest BCUT2D eigenvalue weighted by molar-refractivity contribution is 0.0892. The van der Waals surface area contributed by atoms with Crippen molar-refractivity contribution < 1.29 is 18.0 Å². The molecule has 28 heavy (non-hydrogen) atoms. The molecule has 1 amide bonds. The Morgan fingerprint density at radius 3 is 2.79 bits per heavy atom. The van der Waals surface area contributed by atoms with Crippen molar-refractivity contribution in [2.75, 3.05) is 6.54 Å². The van der Waals surface area contributed by atoms with Crippen LogP contribution in [-0.2, 0) is 12.8 Å². The van der Waals surface area contributed by atoms with Crippen LogP contribution in [0.15, 0.2) is 45.7 Å². The fourth-order valence-electron chi connectivity index (χ4n) is 3.46. The van der Waals surface area contributed by atoms with E-state index in [0.717, 1.165) is 16.5 Å². The summed E-state index contributed by atoms with van der Waals surface area (Å²) in [5.41, 5.74) is 1.77. The molecule has 7 heteroatoms. The summed E-state index contributed by atoms with van der Waals surface area (Å²) in [5.74, 6) is -3.74. The summed E-state index contributed by atoms with van der Waals surface area (Å²) in [7, 11) is 0. The van der Waals surface area contributed by atoms with Crippen molar-refractivity contribution in [1.29, 1.82) is 0 Å². The first-order chi connectivity index (χ1) is 13.3. The quantitative estimate of drug-likeness (QED) is 0.680. The zero-order valence-electron chi connectivity index (χ0n) is 15.4. The smallest absolute Gasteiger partial charge is 0.349 e. The number of benzene rings is 1. The van der Waals surface area contributed by atoms with Gasteiger partial charge >= 0.3 is 5.63 Å². The van der Waals surface area contributed by atoms with Crippen LogP contribution in [-0.4, -0.2) is 23.4 Å². The van der Waals surface area contributed by atoms with Gasteiger partial charge in [-0.2, -0.15) is 0 Å². The number of para-hydroxylation sites is 1. The van der Waals surface area contributed by atoms with E-state index >= 15 is 0 Å². The van der Waals surface area contributed by atoms with Crippen molar-refractivity contribution >= 4 is 16.8 Å². The minimum atomic E-state index is -2.71. The van der Waals surface area contributed by atoms with Crippen LogP contribution in [0, 0.1) is 12.8 Å². The van der Waals surface area contributed by atoms with Gasteiger partial charge in [-0.15, -0.1) is 0 Å². The second-order valence-corrected chi connectivity index (χ2v) is 7.29. The first-order valence-corrected chi connectivity index (χ1v) is 9.20. The van der Waals surface area contributed by atoms with Crippen LogP contribution in [0.1, 0.15) is 33.7 Å². The van der Waals surface area contributed by atoms with E-state index in [0.29, 0.717) is 24.2 Å². The summed E-state index contributed by atoms with van der Waals surface area (Å²) < 4.78 is 31.2. The number of halogens is 2. The number of carbonyl (C=O) groups is 1. The van der Waals surface area contributed by atoms with Gasteiger partial charge in [0, 0.05) is 42.4 Å². The van der Waals surface area contributed by atoms with Crippen molar-refractivity contribution in [2.45, 2.75) is 32.1 Å². The highest BCUT2D eigenvalue weighted by molar-refractivity contribution is 5.95. The van der Waals surface area contributed by atoms with Crippen LogP contribution in [0.3, 0.4) is 0 Å². The standard InChI is InChI=1S/C21H20F2N2O3/c1-12-8-15(7-6-13-10-24-17-5-3-2-4-16(13)17)28-20(27)18(12)19(26)25-11-14-9-21(14,22)23/h2-5,8,10,14,24H,6-7,9,11H2,1H3,(H,25,26). The largest absolute Gasteiger partial charge is 0.427 e. The third kappa shape index (κ3) is 3.56. The molecule has 1 atom stereocenters. The van der Waals surface area contributed by atoms with Gasteiger partial charge in [0.15, 0.2) is 0 Å². The molecule has 3 aromatic rings. The first kappa shape index (κ1) is 18.4. The number of nitrogens with one attached hydrogen (secondary N) is 2. The van der Waals surface area contributed by atoms with E-state index in [1.165, 1.54) is 0 Å². The minimum Gasteiger partial charge on any atom is -0.427 e. The Hall–Kier alpha value is -2.96. The molecule has 146 valence electrons. The Balaban J connectivity index is 1.45. The van der Waals surface area contributed by atoms with Gasteiger partial charge in [-0.05, 0) is 36.6 Å². The van der Waals surface area contributed by atoms with Gasteiger partial charge in [-0.25, -0.2) is 13.6 Å².